The monoisotopic (exact) mass is 359 g/mol. The molecule has 3 atom stereocenters. The highest BCUT2D eigenvalue weighted by Crippen LogP contribution is 2.42. The third kappa shape index (κ3) is 3.89. The molecular weight excluding hydrogens is 348 g/mol. The fraction of sp³-hybridized carbons (Fsp3) is 0.538. The molecule has 3 unspecified atom stereocenters. The van der Waals surface area contributed by atoms with Crippen molar-refractivity contribution in [3.05, 3.63) is 34.4 Å². The van der Waals surface area contributed by atoms with E-state index < -0.39 is 42.0 Å². The van der Waals surface area contributed by atoms with Crippen molar-refractivity contribution >= 4 is 5.69 Å². The van der Waals surface area contributed by atoms with E-state index in [9.17, 15) is 36.5 Å². The highest BCUT2D eigenvalue weighted by molar-refractivity contribution is 5.36. The van der Waals surface area contributed by atoms with Crippen molar-refractivity contribution in [1.82, 2.24) is 0 Å². The SMILES string of the molecule is O=[N+]([O-])c1ccc(OC2CCC(C(F)(F)C(F)C(F)(F)F)O2)cc1. The second-order valence-electron chi connectivity index (χ2n) is 5.08. The third-order valence-electron chi connectivity index (χ3n) is 3.35. The summed E-state index contributed by atoms with van der Waals surface area (Å²) < 4.78 is 86.2. The van der Waals surface area contributed by atoms with E-state index in [-0.39, 0.29) is 17.9 Å². The predicted molar refractivity (Wildman–Crippen MR) is 67.5 cm³/mol. The highest BCUT2D eigenvalue weighted by Gasteiger charge is 2.62. The molecule has 11 heteroatoms. The van der Waals surface area contributed by atoms with Gasteiger partial charge in [-0.15, -0.1) is 0 Å². The molecule has 1 aliphatic heterocycles. The van der Waals surface area contributed by atoms with E-state index in [0.717, 1.165) is 12.1 Å². The number of nitro benzene ring substituents is 1. The van der Waals surface area contributed by atoms with Gasteiger partial charge in [0.15, 0.2) is 6.29 Å². The molecule has 1 saturated heterocycles. The van der Waals surface area contributed by atoms with E-state index in [2.05, 4.69) is 4.74 Å². The average molecular weight is 359 g/mol. The molecule has 0 spiro atoms. The number of ether oxygens (including phenoxy) is 2. The van der Waals surface area contributed by atoms with E-state index in [1.165, 1.54) is 12.1 Å². The van der Waals surface area contributed by atoms with Crippen LogP contribution in [0.15, 0.2) is 24.3 Å². The van der Waals surface area contributed by atoms with Gasteiger partial charge in [-0.05, 0) is 18.6 Å². The Balaban J connectivity index is 1.98. The zero-order chi connectivity index (χ0) is 18.1. The molecule has 0 N–H and O–H groups in total. The fourth-order valence-electron chi connectivity index (χ4n) is 2.16. The van der Waals surface area contributed by atoms with Crippen LogP contribution in [-0.4, -0.2) is 35.6 Å². The van der Waals surface area contributed by atoms with Gasteiger partial charge in [0.1, 0.15) is 11.9 Å². The van der Waals surface area contributed by atoms with Crippen molar-refractivity contribution < 1.29 is 40.7 Å². The van der Waals surface area contributed by atoms with Crippen molar-refractivity contribution in [3.8, 4) is 5.75 Å². The maximum absolute atomic E-state index is 13.5. The Kier molecular flexibility index (Phi) is 4.92. The molecule has 1 aromatic carbocycles. The predicted octanol–water partition coefficient (Wildman–Crippen LogP) is 4.01. The number of nitrogens with zero attached hydrogens (tertiary/aromatic N) is 1. The lowest BCUT2D eigenvalue weighted by atomic mass is 10.0. The average Bonchev–Trinajstić information content (AvgIpc) is 2.95. The van der Waals surface area contributed by atoms with Crippen molar-refractivity contribution in [1.29, 1.82) is 0 Å². The van der Waals surface area contributed by atoms with Crippen LogP contribution < -0.4 is 4.74 Å². The number of benzene rings is 1. The molecule has 0 saturated carbocycles. The Bertz CT molecular complexity index is 591. The van der Waals surface area contributed by atoms with Crippen LogP contribution in [0.2, 0.25) is 0 Å². The number of rotatable bonds is 5. The Hall–Kier alpha value is -2.04. The van der Waals surface area contributed by atoms with Gasteiger partial charge in [0.2, 0.25) is 0 Å². The van der Waals surface area contributed by atoms with Crippen molar-refractivity contribution in [2.75, 3.05) is 0 Å². The Morgan fingerprint density at radius 1 is 1.17 bits per heavy atom. The Morgan fingerprint density at radius 3 is 2.25 bits per heavy atom. The van der Waals surface area contributed by atoms with Gasteiger partial charge < -0.3 is 9.47 Å². The molecule has 1 heterocycles. The van der Waals surface area contributed by atoms with Gasteiger partial charge in [0, 0.05) is 18.6 Å². The summed E-state index contributed by atoms with van der Waals surface area (Å²) in [6.07, 6.45) is -14.3. The number of hydrogen-bond acceptors (Lipinski definition) is 4. The van der Waals surface area contributed by atoms with Crippen molar-refractivity contribution in [3.63, 3.8) is 0 Å². The molecule has 1 aromatic rings. The van der Waals surface area contributed by atoms with Crippen LogP contribution in [0.1, 0.15) is 12.8 Å². The summed E-state index contributed by atoms with van der Waals surface area (Å²) in [5, 5.41) is 10.5. The second-order valence-corrected chi connectivity index (χ2v) is 5.08. The molecule has 2 rings (SSSR count). The molecule has 24 heavy (non-hydrogen) atoms. The topological polar surface area (TPSA) is 61.6 Å². The molecule has 0 aliphatic carbocycles. The fourth-order valence-corrected chi connectivity index (χ4v) is 2.16. The second kappa shape index (κ2) is 6.46. The molecule has 0 aromatic heterocycles. The Morgan fingerprint density at radius 2 is 1.75 bits per heavy atom. The van der Waals surface area contributed by atoms with E-state index in [0.29, 0.717) is 0 Å². The first-order valence-electron chi connectivity index (χ1n) is 6.67. The molecule has 0 amide bonds. The lowest BCUT2D eigenvalue weighted by molar-refractivity contribution is -0.384. The van der Waals surface area contributed by atoms with Crippen LogP contribution in [0.3, 0.4) is 0 Å². The normalized spacial score (nSPS) is 23.1. The number of alkyl halides is 6. The van der Waals surface area contributed by atoms with Crippen LogP contribution in [0, 0.1) is 10.1 Å². The first kappa shape index (κ1) is 18.3. The standard InChI is InChI=1S/C13H11F6NO4/c14-11(13(17,18)19)12(15,16)9-5-6-10(24-9)23-8-3-1-7(2-4-8)20(21)22/h1-4,9-11H,5-6H2. The smallest absolute Gasteiger partial charge is 0.425 e. The maximum Gasteiger partial charge on any atom is 0.425 e. The first-order chi connectivity index (χ1) is 11.0. The number of non-ortho nitro benzene ring substituents is 1. The summed E-state index contributed by atoms with van der Waals surface area (Å²) in [4.78, 5) is 9.82. The summed E-state index contributed by atoms with van der Waals surface area (Å²) >= 11 is 0. The summed E-state index contributed by atoms with van der Waals surface area (Å²) in [7, 11) is 0. The van der Waals surface area contributed by atoms with E-state index in [4.69, 9.17) is 4.74 Å². The highest BCUT2D eigenvalue weighted by atomic mass is 19.4. The van der Waals surface area contributed by atoms with Gasteiger partial charge in [-0.2, -0.15) is 13.2 Å². The van der Waals surface area contributed by atoms with Gasteiger partial charge in [-0.1, -0.05) is 0 Å². The van der Waals surface area contributed by atoms with Crippen molar-refractivity contribution in [2.24, 2.45) is 0 Å². The first-order valence-corrected chi connectivity index (χ1v) is 6.67. The number of halogens is 6. The molecular formula is C13H11F6NO4. The quantitative estimate of drug-likeness (QED) is 0.453. The lowest BCUT2D eigenvalue weighted by Crippen LogP contribution is -2.49. The maximum atomic E-state index is 13.5. The van der Waals surface area contributed by atoms with Crippen LogP contribution in [0.4, 0.5) is 32.0 Å². The zero-order valence-corrected chi connectivity index (χ0v) is 11.8. The molecule has 0 radical (unpaired) electrons. The van der Waals surface area contributed by atoms with Gasteiger partial charge in [0.05, 0.1) is 4.92 Å². The van der Waals surface area contributed by atoms with Crippen LogP contribution in [0.5, 0.6) is 5.75 Å². The zero-order valence-electron chi connectivity index (χ0n) is 11.8. The minimum absolute atomic E-state index is 0.0437. The summed E-state index contributed by atoms with van der Waals surface area (Å²) in [6, 6.07) is 4.55. The summed E-state index contributed by atoms with van der Waals surface area (Å²) in [5.74, 6) is -4.70. The van der Waals surface area contributed by atoms with E-state index in [1.807, 2.05) is 0 Å². The molecule has 1 aliphatic rings. The molecule has 1 fully saturated rings. The van der Waals surface area contributed by atoms with E-state index >= 15 is 0 Å². The van der Waals surface area contributed by atoms with Crippen LogP contribution in [-0.2, 0) is 4.74 Å². The third-order valence-corrected chi connectivity index (χ3v) is 3.35. The summed E-state index contributed by atoms with van der Waals surface area (Å²) in [6.45, 7) is 0. The minimum Gasteiger partial charge on any atom is -0.465 e. The Labute approximate surface area is 131 Å². The van der Waals surface area contributed by atoms with Gasteiger partial charge >= 0.3 is 12.1 Å². The minimum atomic E-state index is -5.70. The van der Waals surface area contributed by atoms with E-state index in [1.54, 1.807) is 0 Å². The van der Waals surface area contributed by atoms with Gasteiger partial charge in [0.25, 0.3) is 11.9 Å². The van der Waals surface area contributed by atoms with Gasteiger partial charge in [-0.25, -0.2) is 13.2 Å². The molecule has 0 bridgehead atoms. The van der Waals surface area contributed by atoms with Crippen LogP contribution >= 0.6 is 0 Å². The van der Waals surface area contributed by atoms with Crippen LogP contribution in [0.25, 0.3) is 0 Å². The van der Waals surface area contributed by atoms with Gasteiger partial charge in [-0.3, -0.25) is 10.1 Å². The lowest BCUT2D eigenvalue weighted by Gasteiger charge is -2.27. The summed E-state index contributed by atoms with van der Waals surface area (Å²) in [5.41, 5.74) is -0.232. The molecule has 134 valence electrons. The number of hydrogen-bond donors (Lipinski definition) is 0. The largest absolute Gasteiger partial charge is 0.465 e. The van der Waals surface area contributed by atoms with Crippen molar-refractivity contribution in [2.45, 2.75) is 43.5 Å². The number of nitro groups is 1. The molecule has 5 nitrogen and oxygen atoms in total.